The van der Waals surface area contributed by atoms with Crippen molar-refractivity contribution in [2.75, 3.05) is 12.4 Å². The third-order valence-corrected chi connectivity index (χ3v) is 4.32. The predicted octanol–water partition coefficient (Wildman–Crippen LogP) is -3.78. The first-order valence-corrected chi connectivity index (χ1v) is 9.52. The van der Waals surface area contributed by atoms with E-state index in [0.29, 0.717) is 5.69 Å². The Morgan fingerprint density at radius 3 is 2.10 bits per heavy atom. The number of thiol groups is 1. The number of aliphatic hydroxyl groups excluding tert-OH is 1. The molecule has 1 aromatic heterocycles. The van der Waals surface area contributed by atoms with Crippen molar-refractivity contribution in [2.24, 2.45) is 5.73 Å². The van der Waals surface area contributed by atoms with Gasteiger partial charge in [0.05, 0.1) is 19.4 Å². The lowest BCUT2D eigenvalue weighted by atomic mass is 10.1. The highest BCUT2D eigenvalue weighted by molar-refractivity contribution is 7.80. The monoisotopic (exact) mass is 460 g/mol. The third kappa shape index (κ3) is 8.61. The number of carbonyl (C=O) groups is 5. The predicted molar refractivity (Wildman–Crippen MR) is 107 cm³/mol. The Balaban J connectivity index is 2.97. The maximum Gasteiger partial charge on any atom is 0.326 e. The first-order valence-electron chi connectivity index (χ1n) is 8.89. The summed E-state index contributed by atoms with van der Waals surface area (Å²) in [6.07, 6.45) is 1.68. The van der Waals surface area contributed by atoms with Gasteiger partial charge in [-0.2, -0.15) is 12.6 Å². The van der Waals surface area contributed by atoms with Crippen molar-refractivity contribution in [1.82, 2.24) is 25.9 Å². The van der Waals surface area contributed by atoms with Crippen LogP contribution in [0.5, 0.6) is 0 Å². The van der Waals surface area contributed by atoms with Gasteiger partial charge >= 0.3 is 11.9 Å². The number of aliphatic carboxylic acids is 2. The molecule has 4 unspecified atom stereocenters. The quantitative estimate of drug-likeness (QED) is 0.130. The standard InChI is InChI=1S/C16H24N6O8S/c17-8(4-23)13(26)22-11(5-31)15(28)20-9(1-7-3-18-6-19-7)14(27)21-10(16(29)30)2-12(24)25/h3,6,8-11,23,31H,1-2,4-5,17H2,(H,18,19)(H,20,28)(H,21,27)(H,22,26)(H,24,25)(H,29,30). The molecule has 1 aromatic rings. The number of nitrogens with two attached hydrogens (primary N) is 1. The van der Waals surface area contributed by atoms with Gasteiger partial charge in [0.15, 0.2) is 0 Å². The number of aliphatic hydroxyl groups is 1. The van der Waals surface area contributed by atoms with Crippen LogP contribution >= 0.6 is 12.6 Å². The second-order valence-corrected chi connectivity index (χ2v) is 6.74. The molecule has 172 valence electrons. The first kappa shape index (κ1) is 25.9. The van der Waals surface area contributed by atoms with Gasteiger partial charge in [-0.15, -0.1) is 0 Å². The highest BCUT2D eigenvalue weighted by Crippen LogP contribution is 2.03. The zero-order valence-electron chi connectivity index (χ0n) is 16.1. The van der Waals surface area contributed by atoms with Crippen LogP contribution in [0.1, 0.15) is 12.1 Å². The van der Waals surface area contributed by atoms with E-state index in [-0.39, 0.29) is 12.2 Å². The van der Waals surface area contributed by atoms with Crippen LogP contribution in [0.15, 0.2) is 12.5 Å². The minimum atomic E-state index is -1.73. The molecule has 0 saturated carbocycles. The summed E-state index contributed by atoms with van der Waals surface area (Å²) in [4.78, 5) is 65.6. The summed E-state index contributed by atoms with van der Waals surface area (Å²) in [6.45, 7) is -0.655. The van der Waals surface area contributed by atoms with Gasteiger partial charge in [-0.05, 0) is 0 Å². The molecule has 0 saturated heterocycles. The van der Waals surface area contributed by atoms with Crippen molar-refractivity contribution >= 4 is 42.3 Å². The number of aromatic amines is 1. The van der Waals surface area contributed by atoms with Gasteiger partial charge < -0.3 is 42.0 Å². The number of hydrogen-bond acceptors (Lipinski definition) is 9. The van der Waals surface area contributed by atoms with Gasteiger partial charge in [-0.25, -0.2) is 9.78 Å². The molecule has 0 aliphatic rings. The van der Waals surface area contributed by atoms with Crippen LogP contribution in [-0.2, 0) is 30.4 Å². The second kappa shape index (κ2) is 12.5. The minimum absolute atomic E-state index is 0.139. The largest absolute Gasteiger partial charge is 0.481 e. The maximum atomic E-state index is 12.6. The van der Waals surface area contributed by atoms with Crippen LogP contribution in [0, 0.1) is 0 Å². The fourth-order valence-corrected chi connectivity index (χ4v) is 2.56. The van der Waals surface area contributed by atoms with E-state index in [2.05, 4.69) is 38.5 Å². The molecule has 1 heterocycles. The molecule has 0 spiro atoms. The summed E-state index contributed by atoms with van der Waals surface area (Å²) in [5.74, 6) is -5.81. The minimum Gasteiger partial charge on any atom is -0.481 e. The van der Waals surface area contributed by atoms with E-state index in [1.807, 2.05) is 0 Å². The lowest BCUT2D eigenvalue weighted by Gasteiger charge is -2.24. The van der Waals surface area contributed by atoms with Crippen LogP contribution in [0.4, 0.5) is 0 Å². The smallest absolute Gasteiger partial charge is 0.326 e. The fourth-order valence-electron chi connectivity index (χ4n) is 2.30. The third-order valence-electron chi connectivity index (χ3n) is 3.95. The molecule has 4 atom stereocenters. The highest BCUT2D eigenvalue weighted by Gasteiger charge is 2.31. The summed E-state index contributed by atoms with van der Waals surface area (Å²) in [5.41, 5.74) is 5.80. The number of carboxylic acids is 2. The summed E-state index contributed by atoms with van der Waals surface area (Å²) >= 11 is 3.97. The molecular formula is C16H24N6O8S. The lowest BCUT2D eigenvalue weighted by Crippen LogP contribution is -2.58. The average Bonchev–Trinajstić information content (AvgIpc) is 3.22. The van der Waals surface area contributed by atoms with Crippen LogP contribution < -0.4 is 21.7 Å². The van der Waals surface area contributed by atoms with E-state index in [1.165, 1.54) is 12.5 Å². The van der Waals surface area contributed by atoms with Gasteiger partial charge in [0, 0.05) is 24.1 Å². The highest BCUT2D eigenvalue weighted by atomic mass is 32.1. The normalized spacial score (nSPS) is 14.5. The number of imidazole rings is 1. The number of nitrogens with one attached hydrogen (secondary N) is 4. The second-order valence-electron chi connectivity index (χ2n) is 6.37. The molecule has 14 nitrogen and oxygen atoms in total. The van der Waals surface area contributed by atoms with Crippen molar-refractivity contribution in [3.8, 4) is 0 Å². The maximum absolute atomic E-state index is 12.6. The molecule has 15 heteroatoms. The molecule has 0 bridgehead atoms. The Hall–Kier alpha value is -3.17. The van der Waals surface area contributed by atoms with Gasteiger partial charge in [-0.3, -0.25) is 19.2 Å². The fraction of sp³-hybridized carbons (Fsp3) is 0.500. The van der Waals surface area contributed by atoms with E-state index in [9.17, 15) is 24.0 Å². The number of rotatable bonds is 13. The van der Waals surface area contributed by atoms with Crippen LogP contribution in [0.25, 0.3) is 0 Å². The summed E-state index contributed by atoms with van der Waals surface area (Å²) in [7, 11) is 0. The Morgan fingerprint density at radius 2 is 1.61 bits per heavy atom. The Labute approximate surface area is 181 Å². The van der Waals surface area contributed by atoms with E-state index in [0.717, 1.165) is 0 Å². The zero-order valence-corrected chi connectivity index (χ0v) is 17.0. The van der Waals surface area contributed by atoms with E-state index >= 15 is 0 Å². The van der Waals surface area contributed by atoms with Gasteiger partial charge in [0.1, 0.15) is 24.2 Å². The molecule has 0 aliphatic heterocycles. The number of hydrogen-bond donors (Lipinski definition) is 9. The van der Waals surface area contributed by atoms with Crippen LogP contribution in [0.3, 0.4) is 0 Å². The number of carboxylic acid groups (broad SMARTS) is 2. The Morgan fingerprint density at radius 1 is 1.03 bits per heavy atom. The van der Waals surface area contributed by atoms with Crippen LogP contribution in [0.2, 0.25) is 0 Å². The molecule has 9 N–H and O–H groups in total. The van der Waals surface area contributed by atoms with Crippen molar-refractivity contribution in [3.05, 3.63) is 18.2 Å². The average molecular weight is 460 g/mol. The van der Waals surface area contributed by atoms with E-state index in [4.69, 9.17) is 21.1 Å². The van der Waals surface area contributed by atoms with E-state index < -0.39 is 66.9 Å². The van der Waals surface area contributed by atoms with Gasteiger partial charge in [-0.1, -0.05) is 0 Å². The summed E-state index contributed by atoms with van der Waals surface area (Å²) in [5, 5.41) is 33.6. The summed E-state index contributed by atoms with van der Waals surface area (Å²) in [6, 6.07) is -5.56. The lowest BCUT2D eigenvalue weighted by molar-refractivity contribution is -0.147. The molecular weight excluding hydrogens is 436 g/mol. The van der Waals surface area contributed by atoms with Crippen molar-refractivity contribution in [1.29, 1.82) is 0 Å². The first-order chi connectivity index (χ1) is 14.6. The van der Waals surface area contributed by atoms with Gasteiger partial charge in [0.25, 0.3) is 0 Å². The molecule has 1 rings (SSSR count). The van der Waals surface area contributed by atoms with E-state index in [1.54, 1.807) is 0 Å². The Kier molecular flexibility index (Phi) is 10.4. The van der Waals surface area contributed by atoms with Crippen molar-refractivity contribution in [2.45, 2.75) is 37.0 Å². The molecule has 3 amide bonds. The molecule has 0 aromatic carbocycles. The number of H-pyrrole nitrogens is 1. The molecule has 0 aliphatic carbocycles. The number of aromatic nitrogens is 2. The molecule has 0 fully saturated rings. The Bertz CT molecular complexity index is 789. The molecule has 0 radical (unpaired) electrons. The topological polar surface area (TPSA) is 237 Å². The van der Waals surface area contributed by atoms with Crippen molar-refractivity contribution in [3.63, 3.8) is 0 Å². The molecule has 31 heavy (non-hydrogen) atoms. The van der Waals surface area contributed by atoms with Crippen LogP contribution in [-0.4, -0.2) is 91.5 Å². The van der Waals surface area contributed by atoms with Gasteiger partial charge in [0.2, 0.25) is 17.7 Å². The zero-order chi connectivity index (χ0) is 23.6. The number of nitrogens with zero attached hydrogens (tertiary/aromatic N) is 1. The number of amides is 3. The number of carbonyl (C=O) groups excluding carboxylic acids is 3. The SMILES string of the molecule is NC(CO)C(=O)NC(CS)C(=O)NC(Cc1cnc[nH]1)C(=O)NC(CC(=O)O)C(=O)O. The summed E-state index contributed by atoms with van der Waals surface area (Å²) < 4.78 is 0. The van der Waals surface area contributed by atoms with Crippen molar-refractivity contribution < 1.29 is 39.3 Å².